The Kier molecular flexibility index (Phi) is 8.56. The number of amides is 1. The summed E-state index contributed by atoms with van der Waals surface area (Å²) >= 11 is 1.50. The van der Waals surface area contributed by atoms with E-state index in [1.54, 1.807) is 11.0 Å². The molecule has 0 spiro atoms. The summed E-state index contributed by atoms with van der Waals surface area (Å²) in [6.07, 6.45) is 3.12. The predicted octanol–water partition coefficient (Wildman–Crippen LogP) is 1.81. The summed E-state index contributed by atoms with van der Waals surface area (Å²) in [5, 5.41) is 0. The second-order valence-corrected chi connectivity index (χ2v) is 8.27. The highest BCUT2D eigenvalue weighted by atomic mass is 32.2. The highest BCUT2D eigenvalue weighted by Crippen LogP contribution is 2.24. The summed E-state index contributed by atoms with van der Waals surface area (Å²) < 4.78 is 5.43. The third-order valence-corrected chi connectivity index (χ3v) is 5.06. The fraction of sp³-hybridized carbons (Fsp3) is 0.647. The van der Waals surface area contributed by atoms with Crippen molar-refractivity contribution in [3.05, 3.63) is 22.4 Å². The zero-order chi connectivity index (χ0) is 19.9. The van der Waals surface area contributed by atoms with Crippen LogP contribution in [0.3, 0.4) is 0 Å². The lowest BCUT2D eigenvalue weighted by Crippen LogP contribution is -2.46. The molecule has 1 aliphatic rings. The van der Waals surface area contributed by atoms with Crippen molar-refractivity contribution in [1.82, 2.24) is 9.80 Å². The lowest BCUT2D eigenvalue weighted by atomic mass is 10.0. The molecule has 1 amide bonds. The van der Waals surface area contributed by atoms with Gasteiger partial charge in [0.1, 0.15) is 19.3 Å². The Morgan fingerprint density at radius 1 is 1.42 bits per heavy atom. The molecular formula is C17H30BN5O2S. The topological polar surface area (TPSA) is 97.2 Å². The van der Waals surface area contributed by atoms with E-state index in [0.717, 1.165) is 12.8 Å². The fourth-order valence-electron chi connectivity index (χ4n) is 2.51. The first-order valence-corrected chi connectivity index (χ1v) is 9.52. The fourth-order valence-corrected chi connectivity index (χ4v) is 3.50. The van der Waals surface area contributed by atoms with Crippen molar-refractivity contribution in [1.29, 1.82) is 0 Å². The number of piperidine rings is 1. The number of nitrogens with zero attached hydrogens (tertiary/aromatic N) is 3. The SMILES string of the molecule is [B]/C(N)=C/C(SCN(C)C1CCN(C(=O)OC(C)(C)C)CC1)=C(\N)N=C. The number of hydrogen-bond donors (Lipinski definition) is 2. The highest BCUT2D eigenvalue weighted by molar-refractivity contribution is 8.03. The van der Waals surface area contributed by atoms with Crippen LogP contribution in [0.1, 0.15) is 33.6 Å². The van der Waals surface area contributed by atoms with Gasteiger partial charge in [-0.3, -0.25) is 4.90 Å². The summed E-state index contributed by atoms with van der Waals surface area (Å²) in [5.74, 6) is 1.00. The maximum Gasteiger partial charge on any atom is 0.410 e. The number of allylic oxidation sites excluding steroid dienone is 1. The Bertz CT molecular complexity index is 562. The van der Waals surface area contributed by atoms with Crippen molar-refractivity contribution in [3.8, 4) is 0 Å². The van der Waals surface area contributed by atoms with E-state index in [-0.39, 0.29) is 11.7 Å². The van der Waals surface area contributed by atoms with Gasteiger partial charge in [-0.1, -0.05) is 0 Å². The average Bonchev–Trinajstić information content (AvgIpc) is 2.55. The lowest BCUT2D eigenvalue weighted by Gasteiger charge is -2.37. The molecule has 9 heteroatoms. The van der Waals surface area contributed by atoms with Gasteiger partial charge in [-0.05, 0) is 59.1 Å². The molecule has 0 bridgehead atoms. The maximum absolute atomic E-state index is 12.1. The molecule has 0 saturated carbocycles. The van der Waals surface area contributed by atoms with Crippen molar-refractivity contribution in [2.75, 3.05) is 26.0 Å². The van der Waals surface area contributed by atoms with Crippen LogP contribution < -0.4 is 11.5 Å². The second-order valence-electron chi connectivity index (χ2n) is 7.28. The summed E-state index contributed by atoms with van der Waals surface area (Å²) in [6.45, 7) is 10.4. The molecule has 1 fully saturated rings. The van der Waals surface area contributed by atoms with E-state index in [4.69, 9.17) is 24.1 Å². The number of rotatable bonds is 6. The average molecular weight is 379 g/mol. The van der Waals surface area contributed by atoms with Crippen LogP contribution in [0, 0.1) is 0 Å². The summed E-state index contributed by atoms with van der Waals surface area (Å²) in [6, 6.07) is 0.375. The summed E-state index contributed by atoms with van der Waals surface area (Å²) in [4.78, 5) is 20.6. The Morgan fingerprint density at radius 2 is 2.00 bits per heavy atom. The van der Waals surface area contributed by atoms with Crippen LogP contribution >= 0.6 is 11.8 Å². The largest absolute Gasteiger partial charge is 0.444 e. The van der Waals surface area contributed by atoms with Crippen molar-refractivity contribution < 1.29 is 9.53 Å². The molecule has 0 aromatic carbocycles. The molecule has 1 saturated heterocycles. The molecular weight excluding hydrogens is 349 g/mol. The van der Waals surface area contributed by atoms with Gasteiger partial charge in [0.05, 0.1) is 4.91 Å². The summed E-state index contributed by atoms with van der Waals surface area (Å²) in [7, 11) is 7.58. The first kappa shape index (κ1) is 22.4. The van der Waals surface area contributed by atoms with Gasteiger partial charge in [-0.25, -0.2) is 9.79 Å². The third kappa shape index (κ3) is 7.74. The molecule has 2 radical (unpaired) electrons. The first-order valence-electron chi connectivity index (χ1n) is 8.53. The molecule has 0 aromatic heterocycles. The molecule has 0 unspecified atom stereocenters. The smallest absolute Gasteiger partial charge is 0.410 e. The Hall–Kier alpha value is -1.61. The minimum atomic E-state index is -0.471. The molecule has 4 N–H and O–H groups in total. The monoisotopic (exact) mass is 379 g/mol. The molecule has 26 heavy (non-hydrogen) atoms. The van der Waals surface area contributed by atoms with Crippen LogP contribution in [-0.4, -0.2) is 68.1 Å². The third-order valence-electron chi connectivity index (χ3n) is 3.88. The van der Waals surface area contributed by atoms with Crippen LogP contribution in [0.25, 0.3) is 0 Å². The molecule has 144 valence electrons. The zero-order valence-electron chi connectivity index (χ0n) is 16.2. The standard InChI is InChI=1S/C17H30BN5O2S/c1-17(2,3)25-16(24)23-8-6-12(7-9-23)22(5)11-26-13(10-14(18)19)15(20)21-4/h10,12H,4,6-9,11,19-20H2,1-3,5H3/b14-10-,15-13-. The van der Waals surface area contributed by atoms with E-state index < -0.39 is 5.60 Å². The molecule has 1 heterocycles. The van der Waals surface area contributed by atoms with Crippen LogP contribution in [0.2, 0.25) is 0 Å². The van der Waals surface area contributed by atoms with Gasteiger partial charge in [0.2, 0.25) is 0 Å². The van der Waals surface area contributed by atoms with Gasteiger partial charge in [-0.15, -0.1) is 11.8 Å². The van der Waals surface area contributed by atoms with Crippen LogP contribution in [-0.2, 0) is 4.74 Å². The van der Waals surface area contributed by atoms with Gasteiger partial charge >= 0.3 is 6.09 Å². The summed E-state index contributed by atoms with van der Waals surface area (Å²) in [5.41, 5.74) is 11.1. The molecule has 0 aromatic rings. The van der Waals surface area contributed by atoms with Gasteiger partial charge in [0.25, 0.3) is 0 Å². The van der Waals surface area contributed by atoms with Crippen LogP contribution in [0.15, 0.2) is 27.4 Å². The van der Waals surface area contributed by atoms with Crippen LogP contribution in [0.5, 0.6) is 0 Å². The number of nitrogens with two attached hydrogens (primary N) is 2. The molecule has 7 nitrogen and oxygen atoms in total. The predicted molar refractivity (Wildman–Crippen MR) is 110 cm³/mol. The minimum absolute atomic E-state index is 0.174. The van der Waals surface area contributed by atoms with Crippen molar-refractivity contribution in [2.45, 2.75) is 45.3 Å². The molecule has 0 aliphatic carbocycles. The van der Waals surface area contributed by atoms with E-state index in [9.17, 15) is 4.79 Å². The van der Waals surface area contributed by atoms with Crippen molar-refractivity contribution in [3.63, 3.8) is 0 Å². The van der Waals surface area contributed by atoms with Crippen molar-refractivity contribution >= 4 is 32.4 Å². The molecule has 1 rings (SSSR count). The Morgan fingerprint density at radius 3 is 2.46 bits per heavy atom. The molecule has 1 aliphatic heterocycles. The van der Waals surface area contributed by atoms with E-state index >= 15 is 0 Å². The van der Waals surface area contributed by atoms with Gasteiger partial charge in [0.15, 0.2) is 0 Å². The normalized spacial score (nSPS) is 17.9. The number of carbonyl (C=O) groups is 1. The molecule has 0 atom stereocenters. The highest BCUT2D eigenvalue weighted by Gasteiger charge is 2.28. The zero-order valence-corrected chi connectivity index (χ0v) is 17.0. The number of ether oxygens (including phenoxy) is 1. The number of aliphatic imine (C=N–C) groups is 1. The van der Waals surface area contributed by atoms with Gasteiger partial charge in [0, 0.05) is 25.0 Å². The maximum atomic E-state index is 12.1. The minimum Gasteiger partial charge on any atom is -0.444 e. The number of hydrogen-bond acceptors (Lipinski definition) is 7. The van der Waals surface area contributed by atoms with Crippen LogP contribution in [0.4, 0.5) is 4.79 Å². The van der Waals surface area contributed by atoms with Gasteiger partial charge < -0.3 is 21.1 Å². The second kappa shape index (κ2) is 9.92. The van der Waals surface area contributed by atoms with E-state index in [0.29, 0.717) is 35.7 Å². The van der Waals surface area contributed by atoms with E-state index in [2.05, 4.69) is 16.6 Å². The van der Waals surface area contributed by atoms with Gasteiger partial charge in [-0.2, -0.15) is 0 Å². The van der Waals surface area contributed by atoms with Crippen molar-refractivity contribution in [2.24, 2.45) is 16.5 Å². The lowest BCUT2D eigenvalue weighted by molar-refractivity contribution is 0.0165. The first-order chi connectivity index (χ1) is 12.0. The Balaban J connectivity index is 2.53. The van der Waals surface area contributed by atoms with E-state index in [1.165, 1.54) is 11.8 Å². The number of likely N-dealkylation sites (tertiary alicyclic amines) is 1. The van der Waals surface area contributed by atoms with E-state index in [1.807, 2.05) is 27.8 Å². The number of carbonyl (C=O) groups excluding carboxylic acids is 1. The number of thioether (sulfide) groups is 1. The quantitative estimate of drug-likeness (QED) is 0.316. The Labute approximate surface area is 162 Å².